The molecule has 2 aliphatic heterocycles. The maximum absolute atomic E-state index is 12.6. The van der Waals surface area contributed by atoms with Gasteiger partial charge in [0.1, 0.15) is 26.2 Å². The van der Waals surface area contributed by atoms with Crippen LogP contribution in [0.5, 0.6) is 0 Å². The zero-order valence-corrected chi connectivity index (χ0v) is 15.1. The number of aliphatic hydroxyl groups is 1. The molecule has 0 unspecified atom stereocenters. The molecule has 7 heteroatoms. The highest BCUT2D eigenvalue weighted by atomic mass is 35.5. The van der Waals surface area contributed by atoms with Gasteiger partial charge in [-0.3, -0.25) is 9.59 Å². The van der Waals surface area contributed by atoms with Gasteiger partial charge in [-0.15, -0.1) is 0 Å². The number of nitrogens with zero attached hydrogens (tertiary/aromatic N) is 1. The van der Waals surface area contributed by atoms with Crippen molar-refractivity contribution < 1.29 is 24.9 Å². The molecule has 1 amide bonds. The monoisotopic (exact) mass is 365 g/mol. The largest absolute Gasteiger partial charge is 0.503 e. The third-order valence-corrected chi connectivity index (χ3v) is 5.34. The molecule has 0 bridgehead atoms. The number of ketones is 1. The fraction of sp³-hybridized carbons (Fsp3) is 0.444. The molecule has 3 rings (SSSR count). The van der Waals surface area contributed by atoms with Gasteiger partial charge in [-0.05, 0) is 18.6 Å². The lowest BCUT2D eigenvalue weighted by Gasteiger charge is -2.29. The van der Waals surface area contributed by atoms with Gasteiger partial charge in [-0.25, -0.2) is 0 Å². The Balaban J connectivity index is 1.88. The number of amides is 1. The Morgan fingerprint density at radius 2 is 2.04 bits per heavy atom. The number of Topliss-reactive ketones (excluding diaryl/α,β-unsaturated/α-hetero) is 1. The summed E-state index contributed by atoms with van der Waals surface area (Å²) in [5, 5.41) is 13.0. The van der Waals surface area contributed by atoms with E-state index in [9.17, 15) is 14.7 Å². The SMILES string of the molecule is CC(=O)C1=C(O)C(=O)N(CC[NH+]2CC[NH2+]CC2)[C@@H]1c1ccccc1Cl. The smallest absolute Gasteiger partial charge is 0.290 e. The molecule has 1 saturated heterocycles. The number of piperazine rings is 1. The first kappa shape index (κ1) is 17.9. The number of benzene rings is 1. The van der Waals surface area contributed by atoms with Crippen molar-refractivity contribution in [2.75, 3.05) is 39.3 Å². The Labute approximate surface area is 152 Å². The number of quaternary nitrogens is 2. The number of aliphatic hydroxyl groups excluding tert-OH is 1. The summed E-state index contributed by atoms with van der Waals surface area (Å²) in [5.41, 5.74) is 0.814. The van der Waals surface area contributed by atoms with Crippen LogP contribution in [0.15, 0.2) is 35.6 Å². The van der Waals surface area contributed by atoms with Crippen LogP contribution in [0.1, 0.15) is 18.5 Å². The predicted molar refractivity (Wildman–Crippen MR) is 93.5 cm³/mol. The highest BCUT2D eigenvalue weighted by molar-refractivity contribution is 6.31. The molecule has 0 saturated carbocycles. The number of halogens is 1. The average Bonchev–Trinajstić information content (AvgIpc) is 2.85. The molecule has 0 aliphatic carbocycles. The zero-order chi connectivity index (χ0) is 18.0. The van der Waals surface area contributed by atoms with Crippen LogP contribution in [0.25, 0.3) is 0 Å². The Morgan fingerprint density at radius 1 is 1.36 bits per heavy atom. The van der Waals surface area contributed by atoms with E-state index in [0.29, 0.717) is 17.1 Å². The minimum Gasteiger partial charge on any atom is -0.503 e. The molecular formula is C18H24ClN3O3+2. The minimum absolute atomic E-state index is 0.139. The average molecular weight is 366 g/mol. The summed E-state index contributed by atoms with van der Waals surface area (Å²) in [6.07, 6.45) is 0. The molecule has 2 heterocycles. The van der Waals surface area contributed by atoms with Crippen molar-refractivity contribution in [2.24, 2.45) is 0 Å². The highest BCUT2D eigenvalue weighted by Gasteiger charge is 2.43. The normalized spacial score (nSPS) is 21.9. The lowest BCUT2D eigenvalue weighted by Crippen LogP contribution is -3.20. The molecule has 0 radical (unpaired) electrons. The van der Waals surface area contributed by atoms with E-state index in [1.165, 1.54) is 11.8 Å². The van der Waals surface area contributed by atoms with Crippen molar-refractivity contribution in [3.8, 4) is 0 Å². The molecular weight excluding hydrogens is 342 g/mol. The van der Waals surface area contributed by atoms with Gasteiger partial charge >= 0.3 is 0 Å². The van der Waals surface area contributed by atoms with Gasteiger partial charge in [0.15, 0.2) is 11.5 Å². The van der Waals surface area contributed by atoms with E-state index < -0.39 is 17.7 Å². The van der Waals surface area contributed by atoms with Crippen LogP contribution in [0.3, 0.4) is 0 Å². The number of nitrogens with one attached hydrogen (secondary N) is 1. The van der Waals surface area contributed by atoms with Gasteiger partial charge in [0.25, 0.3) is 5.91 Å². The molecule has 0 spiro atoms. The number of nitrogens with two attached hydrogens (primary N) is 1. The maximum Gasteiger partial charge on any atom is 0.290 e. The number of carbonyl (C=O) groups excluding carboxylic acids is 2. The van der Waals surface area contributed by atoms with Crippen LogP contribution in [-0.4, -0.2) is 61.0 Å². The van der Waals surface area contributed by atoms with Gasteiger partial charge < -0.3 is 20.2 Å². The van der Waals surface area contributed by atoms with E-state index in [0.717, 1.165) is 32.7 Å². The van der Waals surface area contributed by atoms with Crippen molar-refractivity contribution in [1.82, 2.24) is 4.90 Å². The van der Waals surface area contributed by atoms with Crippen LogP contribution in [0.4, 0.5) is 0 Å². The molecule has 1 fully saturated rings. The fourth-order valence-electron chi connectivity index (χ4n) is 3.67. The molecule has 134 valence electrons. The summed E-state index contributed by atoms with van der Waals surface area (Å²) in [5.74, 6) is -1.24. The highest BCUT2D eigenvalue weighted by Crippen LogP contribution is 2.39. The second kappa shape index (κ2) is 7.56. The molecule has 25 heavy (non-hydrogen) atoms. The van der Waals surface area contributed by atoms with Crippen molar-refractivity contribution in [2.45, 2.75) is 13.0 Å². The summed E-state index contributed by atoms with van der Waals surface area (Å²) >= 11 is 6.32. The summed E-state index contributed by atoms with van der Waals surface area (Å²) in [6.45, 7) is 6.91. The maximum atomic E-state index is 12.6. The van der Waals surface area contributed by atoms with Gasteiger partial charge in [0.05, 0.1) is 24.7 Å². The molecule has 1 aromatic rings. The van der Waals surface area contributed by atoms with Crippen molar-refractivity contribution in [3.05, 3.63) is 46.2 Å². The summed E-state index contributed by atoms with van der Waals surface area (Å²) < 4.78 is 0. The molecule has 1 atom stereocenters. The Morgan fingerprint density at radius 3 is 2.68 bits per heavy atom. The number of hydrogen-bond donors (Lipinski definition) is 3. The summed E-state index contributed by atoms with van der Waals surface area (Å²) in [4.78, 5) is 27.7. The van der Waals surface area contributed by atoms with Crippen molar-refractivity contribution >= 4 is 23.3 Å². The second-order valence-electron chi connectivity index (χ2n) is 6.61. The molecule has 4 N–H and O–H groups in total. The lowest BCUT2D eigenvalue weighted by atomic mass is 9.96. The first-order chi connectivity index (χ1) is 12.0. The third-order valence-electron chi connectivity index (χ3n) is 4.99. The molecule has 6 nitrogen and oxygen atoms in total. The first-order valence-electron chi connectivity index (χ1n) is 8.65. The van der Waals surface area contributed by atoms with Crippen LogP contribution < -0.4 is 10.2 Å². The second-order valence-corrected chi connectivity index (χ2v) is 7.01. The third kappa shape index (κ3) is 3.56. The van der Waals surface area contributed by atoms with Crippen molar-refractivity contribution in [1.29, 1.82) is 0 Å². The van der Waals surface area contributed by atoms with E-state index in [-0.39, 0.29) is 11.4 Å². The van der Waals surface area contributed by atoms with Crippen LogP contribution in [0, 0.1) is 0 Å². The van der Waals surface area contributed by atoms with Gasteiger partial charge in [-0.2, -0.15) is 0 Å². The molecule has 2 aliphatic rings. The van der Waals surface area contributed by atoms with Crippen LogP contribution >= 0.6 is 11.6 Å². The van der Waals surface area contributed by atoms with Gasteiger partial charge in [0, 0.05) is 5.02 Å². The Kier molecular flexibility index (Phi) is 5.42. The van der Waals surface area contributed by atoms with Gasteiger partial charge in [0.2, 0.25) is 0 Å². The Hall–Kier alpha value is -1.89. The topological polar surface area (TPSA) is 78.7 Å². The van der Waals surface area contributed by atoms with E-state index in [4.69, 9.17) is 11.6 Å². The van der Waals surface area contributed by atoms with Crippen LogP contribution in [0.2, 0.25) is 5.02 Å². The van der Waals surface area contributed by atoms with Crippen LogP contribution in [-0.2, 0) is 9.59 Å². The number of rotatable bonds is 5. The predicted octanol–water partition coefficient (Wildman–Crippen LogP) is -0.914. The van der Waals surface area contributed by atoms with E-state index in [1.54, 1.807) is 23.1 Å². The zero-order valence-electron chi connectivity index (χ0n) is 14.3. The minimum atomic E-state index is -0.616. The summed E-state index contributed by atoms with van der Waals surface area (Å²) in [6, 6.07) is 6.55. The molecule has 1 aromatic carbocycles. The lowest BCUT2D eigenvalue weighted by molar-refractivity contribution is -0.946. The van der Waals surface area contributed by atoms with E-state index >= 15 is 0 Å². The van der Waals surface area contributed by atoms with E-state index in [2.05, 4.69) is 5.32 Å². The summed E-state index contributed by atoms with van der Waals surface area (Å²) in [7, 11) is 0. The van der Waals surface area contributed by atoms with Gasteiger partial charge in [-0.1, -0.05) is 29.8 Å². The fourth-order valence-corrected chi connectivity index (χ4v) is 3.91. The van der Waals surface area contributed by atoms with E-state index in [1.807, 2.05) is 6.07 Å². The first-order valence-corrected chi connectivity index (χ1v) is 9.03. The number of hydrogen-bond acceptors (Lipinski definition) is 3. The number of carbonyl (C=O) groups is 2. The van der Waals surface area contributed by atoms with Crippen molar-refractivity contribution in [3.63, 3.8) is 0 Å². The Bertz CT molecular complexity index is 713. The molecule has 0 aromatic heterocycles. The quantitative estimate of drug-likeness (QED) is 0.632. The standard InChI is InChI=1S/C18H22ClN3O3/c1-12(23)15-16(13-4-2-3-5-14(13)19)22(18(25)17(15)24)11-10-21-8-6-20-7-9-21/h2-5,16,20,24H,6-11H2,1H3/p+2/t16-/m1/s1.